The van der Waals surface area contributed by atoms with Crippen molar-refractivity contribution in [1.82, 2.24) is 15.5 Å². The number of nitrogens with one attached hydrogen (secondary N) is 1. The first-order valence-electron chi connectivity index (χ1n) is 8.25. The zero-order valence-corrected chi connectivity index (χ0v) is 16.1. The number of anilines is 1. The SMILES string of the molecule is CN(CCCNC(=O)CSc1nnc(-c2cccs2)o1)c1ccccc1. The van der Waals surface area contributed by atoms with E-state index in [4.69, 9.17) is 4.42 Å². The summed E-state index contributed by atoms with van der Waals surface area (Å²) >= 11 is 2.79. The van der Waals surface area contributed by atoms with E-state index >= 15 is 0 Å². The maximum absolute atomic E-state index is 11.9. The van der Waals surface area contributed by atoms with Crippen LogP contribution in [0.4, 0.5) is 5.69 Å². The smallest absolute Gasteiger partial charge is 0.277 e. The Morgan fingerprint density at radius 3 is 2.85 bits per heavy atom. The number of benzene rings is 1. The number of hydrogen-bond donors (Lipinski definition) is 1. The molecule has 0 atom stereocenters. The number of carbonyl (C=O) groups excluding carboxylic acids is 1. The van der Waals surface area contributed by atoms with Crippen LogP contribution in [-0.4, -0.2) is 42.0 Å². The summed E-state index contributed by atoms with van der Waals surface area (Å²) in [4.78, 5) is 15.0. The third-order valence-electron chi connectivity index (χ3n) is 3.65. The molecule has 0 radical (unpaired) electrons. The van der Waals surface area contributed by atoms with Gasteiger partial charge in [0.25, 0.3) is 11.1 Å². The second-order valence-corrected chi connectivity index (χ2v) is 7.47. The van der Waals surface area contributed by atoms with Gasteiger partial charge in [-0.25, -0.2) is 0 Å². The van der Waals surface area contributed by atoms with E-state index in [9.17, 15) is 4.79 Å². The zero-order valence-electron chi connectivity index (χ0n) is 14.4. The Balaban J connectivity index is 1.33. The molecule has 2 heterocycles. The summed E-state index contributed by atoms with van der Waals surface area (Å²) in [5.41, 5.74) is 1.17. The van der Waals surface area contributed by atoms with Crippen LogP contribution in [0, 0.1) is 0 Å². The van der Waals surface area contributed by atoms with Crippen molar-refractivity contribution in [2.24, 2.45) is 0 Å². The molecule has 8 heteroatoms. The van der Waals surface area contributed by atoms with Gasteiger partial charge in [0.2, 0.25) is 5.91 Å². The van der Waals surface area contributed by atoms with Crippen molar-refractivity contribution < 1.29 is 9.21 Å². The van der Waals surface area contributed by atoms with Gasteiger partial charge in [0.05, 0.1) is 10.6 Å². The highest BCUT2D eigenvalue weighted by Gasteiger charge is 2.11. The van der Waals surface area contributed by atoms with E-state index in [1.807, 2.05) is 42.8 Å². The molecular formula is C18H20N4O2S2. The highest BCUT2D eigenvalue weighted by atomic mass is 32.2. The Hall–Kier alpha value is -2.32. The highest BCUT2D eigenvalue weighted by Crippen LogP contribution is 2.26. The van der Waals surface area contributed by atoms with Crippen molar-refractivity contribution in [3.63, 3.8) is 0 Å². The molecule has 6 nitrogen and oxygen atoms in total. The van der Waals surface area contributed by atoms with Crippen LogP contribution in [0.2, 0.25) is 0 Å². The fourth-order valence-corrected chi connectivity index (χ4v) is 3.54. The van der Waals surface area contributed by atoms with Gasteiger partial charge in [0.1, 0.15) is 0 Å². The third kappa shape index (κ3) is 5.34. The van der Waals surface area contributed by atoms with Gasteiger partial charge in [-0.15, -0.1) is 21.5 Å². The second-order valence-electron chi connectivity index (χ2n) is 5.60. The number of carbonyl (C=O) groups is 1. The quantitative estimate of drug-likeness (QED) is 0.447. The summed E-state index contributed by atoms with van der Waals surface area (Å²) in [5.74, 6) is 0.723. The molecule has 136 valence electrons. The van der Waals surface area contributed by atoms with Gasteiger partial charge >= 0.3 is 0 Å². The minimum atomic E-state index is -0.0340. The number of hydrogen-bond acceptors (Lipinski definition) is 7. The van der Waals surface area contributed by atoms with Crippen molar-refractivity contribution in [3.05, 3.63) is 47.8 Å². The first kappa shape index (κ1) is 18.5. The molecule has 0 spiro atoms. The molecule has 2 aromatic heterocycles. The van der Waals surface area contributed by atoms with E-state index in [-0.39, 0.29) is 11.7 Å². The summed E-state index contributed by atoms with van der Waals surface area (Å²) in [6.45, 7) is 1.52. The van der Waals surface area contributed by atoms with E-state index in [0.29, 0.717) is 17.7 Å². The Bertz CT molecular complexity index is 806. The van der Waals surface area contributed by atoms with Crippen molar-refractivity contribution in [1.29, 1.82) is 0 Å². The molecule has 0 bridgehead atoms. The van der Waals surface area contributed by atoms with Crippen molar-refractivity contribution in [3.8, 4) is 10.8 Å². The number of thiophene rings is 1. The summed E-state index contributed by atoms with van der Waals surface area (Å²) < 4.78 is 5.55. The molecule has 0 fully saturated rings. The highest BCUT2D eigenvalue weighted by molar-refractivity contribution is 7.99. The van der Waals surface area contributed by atoms with Crippen LogP contribution in [0.5, 0.6) is 0 Å². The maximum Gasteiger partial charge on any atom is 0.277 e. The van der Waals surface area contributed by atoms with E-state index in [1.165, 1.54) is 28.8 Å². The first-order valence-corrected chi connectivity index (χ1v) is 10.1. The van der Waals surface area contributed by atoms with E-state index in [1.54, 1.807) is 0 Å². The Labute approximate surface area is 160 Å². The van der Waals surface area contributed by atoms with E-state index in [2.05, 4.69) is 32.5 Å². The predicted octanol–water partition coefficient (Wildman–Crippen LogP) is 3.53. The predicted molar refractivity (Wildman–Crippen MR) is 106 cm³/mol. The maximum atomic E-state index is 11.9. The average molecular weight is 389 g/mol. The molecule has 0 unspecified atom stereocenters. The van der Waals surface area contributed by atoms with Gasteiger partial charge in [0, 0.05) is 25.8 Å². The Morgan fingerprint density at radius 2 is 2.08 bits per heavy atom. The summed E-state index contributed by atoms with van der Waals surface area (Å²) in [6.07, 6.45) is 0.880. The third-order valence-corrected chi connectivity index (χ3v) is 5.33. The average Bonchev–Trinajstić information content (AvgIpc) is 3.35. The van der Waals surface area contributed by atoms with Gasteiger partial charge < -0.3 is 14.6 Å². The van der Waals surface area contributed by atoms with Gasteiger partial charge in [0.15, 0.2) is 0 Å². The lowest BCUT2D eigenvalue weighted by Gasteiger charge is -2.19. The fourth-order valence-electron chi connectivity index (χ4n) is 2.30. The van der Waals surface area contributed by atoms with Gasteiger partial charge in [-0.3, -0.25) is 4.79 Å². The molecular weight excluding hydrogens is 368 g/mol. The molecule has 1 aromatic carbocycles. The number of thioether (sulfide) groups is 1. The van der Waals surface area contributed by atoms with Crippen LogP contribution in [0.1, 0.15) is 6.42 Å². The van der Waals surface area contributed by atoms with Crippen molar-refractivity contribution >= 4 is 34.7 Å². The van der Waals surface area contributed by atoms with Crippen LogP contribution >= 0.6 is 23.1 Å². The molecule has 1 N–H and O–H groups in total. The summed E-state index contributed by atoms with van der Waals surface area (Å²) in [5, 5.41) is 13.2. The Morgan fingerprint density at radius 1 is 1.23 bits per heavy atom. The normalized spacial score (nSPS) is 10.7. The first-order chi connectivity index (χ1) is 12.7. The van der Waals surface area contributed by atoms with Crippen LogP contribution in [-0.2, 0) is 4.79 Å². The number of rotatable bonds is 9. The standard InChI is InChI=1S/C18H20N4O2S2/c1-22(14-7-3-2-4-8-14)11-6-10-19-16(23)13-26-18-21-20-17(24-18)15-9-5-12-25-15/h2-5,7-9,12H,6,10-11,13H2,1H3,(H,19,23). The number of aromatic nitrogens is 2. The van der Waals surface area contributed by atoms with Crippen molar-refractivity contribution in [2.45, 2.75) is 11.6 Å². The zero-order chi connectivity index (χ0) is 18.2. The van der Waals surface area contributed by atoms with Gasteiger partial charge in [-0.1, -0.05) is 36.0 Å². The van der Waals surface area contributed by atoms with Crippen molar-refractivity contribution in [2.75, 3.05) is 30.8 Å². The van der Waals surface area contributed by atoms with Crippen LogP contribution in [0.3, 0.4) is 0 Å². The lowest BCUT2D eigenvalue weighted by molar-refractivity contribution is -0.118. The molecule has 3 rings (SSSR count). The largest absolute Gasteiger partial charge is 0.410 e. The summed E-state index contributed by atoms with van der Waals surface area (Å²) in [7, 11) is 2.05. The number of nitrogens with zero attached hydrogens (tertiary/aromatic N) is 3. The number of para-hydroxylation sites is 1. The molecule has 0 aliphatic carbocycles. The summed E-state index contributed by atoms with van der Waals surface area (Å²) in [6, 6.07) is 14.0. The molecule has 3 aromatic rings. The molecule has 0 saturated carbocycles. The molecule has 0 aliphatic heterocycles. The number of amides is 1. The molecule has 0 saturated heterocycles. The Kier molecular flexibility index (Phi) is 6.68. The van der Waals surface area contributed by atoms with Gasteiger partial charge in [-0.2, -0.15) is 0 Å². The van der Waals surface area contributed by atoms with E-state index in [0.717, 1.165) is 17.8 Å². The van der Waals surface area contributed by atoms with E-state index < -0.39 is 0 Å². The fraction of sp³-hybridized carbons (Fsp3) is 0.278. The molecule has 1 amide bonds. The molecule has 0 aliphatic rings. The molecule has 26 heavy (non-hydrogen) atoms. The second kappa shape index (κ2) is 9.40. The van der Waals surface area contributed by atoms with Crippen LogP contribution < -0.4 is 10.2 Å². The van der Waals surface area contributed by atoms with Crippen LogP contribution in [0.15, 0.2) is 57.5 Å². The monoisotopic (exact) mass is 388 g/mol. The topological polar surface area (TPSA) is 71.3 Å². The van der Waals surface area contributed by atoms with Gasteiger partial charge in [-0.05, 0) is 30.0 Å². The lowest BCUT2D eigenvalue weighted by atomic mass is 10.3. The lowest BCUT2D eigenvalue weighted by Crippen LogP contribution is -2.29. The minimum Gasteiger partial charge on any atom is -0.410 e. The van der Waals surface area contributed by atoms with Crippen LogP contribution in [0.25, 0.3) is 10.8 Å². The minimum absolute atomic E-state index is 0.0340.